The van der Waals surface area contributed by atoms with Gasteiger partial charge in [0.25, 0.3) is 5.69 Å². The Balaban J connectivity index is 2.02. The van der Waals surface area contributed by atoms with Crippen molar-refractivity contribution in [2.24, 2.45) is 0 Å². The summed E-state index contributed by atoms with van der Waals surface area (Å²) < 4.78 is 0. The predicted molar refractivity (Wildman–Crippen MR) is 79.1 cm³/mol. The zero-order valence-corrected chi connectivity index (χ0v) is 12.1. The molecule has 114 valence electrons. The second-order valence-corrected chi connectivity index (χ2v) is 5.77. The molecule has 0 saturated heterocycles. The van der Waals surface area contributed by atoms with Gasteiger partial charge in [0.2, 0.25) is 5.91 Å². The fourth-order valence-electron chi connectivity index (χ4n) is 2.77. The van der Waals surface area contributed by atoms with E-state index in [9.17, 15) is 20.0 Å². The number of hydrogen-bond donors (Lipinski definition) is 2. The van der Waals surface area contributed by atoms with Crippen molar-refractivity contribution in [3.05, 3.63) is 33.9 Å². The molecule has 0 bridgehead atoms. The van der Waals surface area contributed by atoms with E-state index in [-0.39, 0.29) is 18.0 Å². The number of nitro groups is 1. The van der Waals surface area contributed by atoms with Crippen LogP contribution in [0.5, 0.6) is 0 Å². The fraction of sp³-hybridized carbons (Fsp3) is 0.533. The number of aliphatic hydroxyl groups is 1. The van der Waals surface area contributed by atoms with Gasteiger partial charge in [-0.1, -0.05) is 25.3 Å². The van der Waals surface area contributed by atoms with Crippen molar-refractivity contribution in [1.29, 1.82) is 0 Å². The van der Waals surface area contributed by atoms with Gasteiger partial charge in [-0.25, -0.2) is 0 Å². The molecule has 2 N–H and O–H groups in total. The maximum atomic E-state index is 12.0. The molecule has 1 fully saturated rings. The summed E-state index contributed by atoms with van der Waals surface area (Å²) in [5.41, 5.74) is -0.0244. The molecule has 21 heavy (non-hydrogen) atoms. The highest BCUT2D eigenvalue weighted by Crippen LogP contribution is 2.31. The minimum absolute atomic E-state index is 0.0239. The van der Waals surface area contributed by atoms with Gasteiger partial charge in [-0.15, -0.1) is 0 Å². The van der Waals surface area contributed by atoms with Crippen LogP contribution >= 0.6 is 0 Å². The Morgan fingerprint density at radius 2 is 2.05 bits per heavy atom. The van der Waals surface area contributed by atoms with Gasteiger partial charge in [0.1, 0.15) is 0 Å². The van der Waals surface area contributed by atoms with Gasteiger partial charge >= 0.3 is 0 Å². The molecule has 1 aliphatic carbocycles. The number of carbonyl (C=O) groups is 1. The molecule has 0 atom stereocenters. The second-order valence-electron chi connectivity index (χ2n) is 5.77. The molecule has 0 heterocycles. The Labute approximate surface area is 123 Å². The summed E-state index contributed by atoms with van der Waals surface area (Å²) in [6, 6.07) is 4.58. The molecule has 0 spiro atoms. The average Bonchev–Trinajstić information content (AvgIpc) is 2.40. The monoisotopic (exact) mass is 292 g/mol. The normalized spacial score (nSPS) is 17.2. The van der Waals surface area contributed by atoms with E-state index in [2.05, 4.69) is 5.32 Å². The van der Waals surface area contributed by atoms with Crippen molar-refractivity contribution in [3.8, 4) is 0 Å². The number of aryl methyl sites for hydroxylation is 1. The van der Waals surface area contributed by atoms with Crippen LogP contribution in [0.3, 0.4) is 0 Å². The lowest BCUT2D eigenvalue weighted by atomic mass is 9.82. The highest BCUT2D eigenvalue weighted by Gasteiger charge is 2.31. The van der Waals surface area contributed by atoms with Crippen molar-refractivity contribution < 1.29 is 14.8 Å². The SMILES string of the molecule is Cc1ccc(NC(=O)CC2(O)CCCCC2)cc1[N+](=O)[O-]. The van der Waals surface area contributed by atoms with Crippen molar-refractivity contribution in [2.45, 2.75) is 51.0 Å². The molecule has 0 radical (unpaired) electrons. The number of anilines is 1. The van der Waals surface area contributed by atoms with Gasteiger partial charge in [-0.2, -0.15) is 0 Å². The number of rotatable bonds is 4. The average molecular weight is 292 g/mol. The molecular weight excluding hydrogens is 272 g/mol. The van der Waals surface area contributed by atoms with Gasteiger partial charge in [-0.3, -0.25) is 14.9 Å². The van der Waals surface area contributed by atoms with Gasteiger partial charge in [0.15, 0.2) is 0 Å². The molecule has 1 aromatic carbocycles. The number of nitro benzene ring substituents is 1. The van der Waals surface area contributed by atoms with Crippen LogP contribution in [-0.4, -0.2) is 21.5 Å². The Morgan fingerprint density at radius 3 is 2.67 bits per heavy atom. The molecule has 1 aliphatic rings. The number of carbonyl (C=O) groups excluding carboxylic acids is 1. The molecule has 6 nitrogen and oxygen atoms in total. The van der Waals surface area contributed by atoms with Crippen LogP contribution in [0.4, 0.5) is 11.4 Å². The zero-order chi connectivity index (χ0) is 15.5. The van der Waals surface area contributed by atoms with E-state index in [0.717, 1.165) is 19.3 Å². The van der Waals surface area contributed by atoms with Crippen LogP contribution < -0.4 is 5.32 Å². The molecule has 0 unspecified atom stereocenters. The van der Waals surface area contributed by atoms with Crippen LogP contribution in [-0.2, 0) is 4.79 Å². The van der Waals surface area contributed by atoms with Crippen LogP contribution in [0.15, 0.2) is 18.2 Å². The summed E-state index contributed by atoms with van der Waals surface area (Å²) >= 11 is 0. The summed E-state index contributed by atoms with van der Waals surface area (Å²) in [4.78, 5) is 22.4. The van der Waals surface area contributed by atoms with Crippen molar-refractivity contribution in [1.82, 2.24) is 0 Å². The third-order valence-corrected chi connectivity index (χ3v) is 3.96. The molecule has 1 amide bonds. The Hall–Kier alpha value is -1.95. The van der Waals surface area contributed by atoms with Gasteiger partial charge < -0.3 is 10.4 Å². The summed E-state index contributed by atoms with van der Waals surface area (Å²) in [6.07, 6.45) is 4.26. The first-order valence-electron chi connectivity index (χ1n) is 7.17. The lowest BCUT2D eigenvalue weighted by Gasteiger charge is -2.31. The van der Waals surface area contributed by atoms with E-state index in [1.165, 1.54) is 6.07 Å². The minimum Gasteiger partial charge on any atom is -0.389 e. The lowest BCUT2D eigenvalue weighted by molar-refractivity contribution is -0.385. The number of nitrogens with zero attached hydrogens (tertiary/aromatic N) is 1. The van der Waals surface area contributed by atoms with Crippen LogP contribution in [0, 0.1) is 17.0 Å². The zero-order valence-electron chi connectivity index (χ0n) is 12.1. The highest BCUT2D eigenvalue weighted by molar-refractivity contribution is 5.91. The number of benzene rings is 1. The summed E-state index contributed by atoms with van der Waals surface area (Å²) in [5.74, 6) is -0.308. The summed E-state index contributed by atoms with van der Waals surface area (Å²) in [6.45, 7) is 1.65. The standard InChI is InChI=1S/C15H20N2O4/c1-11-5-6-12(9-13(11)17(20)21)16-14(18)10-15(19)7-3-2-4-8-15/h5-6,9,19H,2-4,7-8,10H2,1H3,(H,16,18). The van der Waals surface area contributed by atoms with Gasteiger partial charge in [0.05, 0.1) is 16.9 Å². The summed E-state index contributed by atoms with van der Waals surface area (Å²) in [5, 5.41) is 23.9. The number of nitrogens with one attached hydrogen (secondary N) is 1. The van der Waals surface area contributed by atoms with E-state index >= 15 is 0 Å². The molecular formula is C15H20N2O4. The molecule has 0 aromatic heterocycles. The van der Waals surface area contributed by atoms with Crippen LogP contribution in [0.2, 0.25) is 0 Å². The van der Waals surface area contributed by atoms with Crippen LogP contribution in [0.25, 0.3) is 0 Å². The minimum atomic E-state index is -0.932. The molecule has 1 aromatic rings. The van der Waals surface area contributed by atoms with E-state index < -0.39 is 10.5 Å². The molecule has 0 aliphatic heterocycles. The first-order chi connectivity index (χ1) is 9.89. The smallest absolute Gasteiger partial charge is 0.274 e. The van der Waals surface area contributed by atoms with E-state index in [0.29, 0.717) is 24.1 Å². The fourth-order valence-corrected chi connectivity index (χ4v) is 2.77. The highest BCUT2D eigenvalue weighted by atomic mass is 16.6. The third kappa shape index (κ3) is 4.01. The van der Waals surface area contributed by atoms with E-state index in [4.69, 9.17) is 0 Å². The summed E-state index contributed by atoms with van der Waals surface area (Å²) in [7, 11) is 0. The number of amides is 1. The van der Waals surface area contributed by atoms with Gasteiger partial charge in [0, 0.05) is 17.3 Å². The maximum absolute atomic E-state index is 12.0. The Kier molecular flexibility index (Phi) is 4.57. The molecule has 6 heteroatoms. The maximum Gasteiger partial charge on any atom is 0.274 e. The predicted octanol–water partition coefficient (Wildman–Crippen LogP) is 2.93. The first kappa shape index (κ1) is 15.4. The topological polar surface area (TPSA) is 92.5 Å². The Bertz CT molecular complexity index is 551. The van der Waals surface area contributed by atoms with Gasteiger partial charge in [-0.05, 0) is 25.8 Å². The van der Waals surface area contributed by atoms with Crippen LogP contribution in [0.1, 0.15) is 44.1 Å². The third-order valence-electron chi connectivity index (χ3n) is 3.96. The van der Waals surface area contributed by atoms with Crippen molar-refractivity contribution in [3.63, 3.8) is 0 Å². The first-order valence-corrected chi connectivity index (χ1v) is 7.17. The van der Waals surface area contributed by atoms with Crippen molar-refractivity contribution >= 4 is 17.3 Å². The molecule has 2 rings (SSSR count). The largest absolute Gasteiger partial charge is 0.389 e. The quantitative estimate of drug-likeness (QED) is 0.659. The second kappa shape index (κ2) is 6.22. The molecule has 1 saturated carbocycles. The van der Waals surface area contributed by atoms with E-state index in [1.54, 1.807) is 19.1 Å². The van der Waals surface area contributed by atoms with E-state index in [1.807, 2.05) is 0 Å². The number of hydrogen-bond acceptors (Lipinski definition) is 4. The lowest BCUT2D eigenvalue weighted by Crippen LogP contribution is -2.35. The van der Waals surface area contributed by atoms with Crippen molar-refractivity contribution in [2.75, 3.05) is 5.32 Å². The Morgan fingerprint density at radius 1 is 1.38 bits per heavy atom.